The van der Waals surface area contributed by atoms with E-state index in [1.807, 2.05) is 12.1 Å². The molecule has 0 bridgehead atoms. The van der Waals surface area contributed by atoms with Crippen LogP contribution >= 0.6 is 0 Å². The van der Waals surface area contributed by atoms with E-state index in [1.165, 1.54) is 0 Å². The normalized spacial score (nSPS) is 17.4. The van der Waals surface area contributed by atoms with Crippen molar-refractivity contribution >= 4 is 21.8 Å². The Morgan fingerprint density at radius 2 is 1.79 bits per heavy atom. The summed E-state index contributed by atoms with van der Waals surface area (Å²) in [6.45, 7) is 3.35. The van der Waals surface area contributed by atoms with Crippen LogP contribution < -0.4 is 4.90 Å². The van der Waals surface area contributed by atoms with E-state index in [2.05, 4.69) is 4.90 Å². The van der Waals surface area contributed by atoms with Crippen LogP contribution in [-0.4, -0.2) is 33.5 Å². The molecule has 0 spiro atoms. The summed E-state index contributed by atoms with van der Waals surface area (Å²) in [5.41, 5.74) is 1.03. The number of sulfone groups is 1. The van der Waals surface area contributed by atoms with Crippen LogP contribution in [0.4, 0.5) is 5.69 Å². The first-order valence-electron chi connectivity index (χ1n) is 6.60. The average Bonchev–Trinajstić information content (AvgIpc) is 2.47. The number of carbonyl (C=O) groups is 1. The first-order valence-corrected chi connectivity index (χ1v) is 8.25. The SMILES string of the molecule is CCS(=O)(=O)c1ccc(N2CCC(C=O)CC2)cc1. The molecule has 0 unspecified atom stereocenters. The fourth-order valence-corrected chi connectivity index (χ4v) is 3.21. The van der Waals surface area contributed by atoms with E-state index in [-0.39, 0.29) is 11.7 Å². The number of hydrogen-bond acceptors (Lipinski definition) is 4. The fraction of sp³-hybridized carbons (Fsp3) is 0.500. The minimum atomic E-state index is -3.12. The van der Waals surface area contributed by atoms with Gasteiger partial charge < -0.3 is 9.69 Å². The predicted molar refractivity (Wildman–Crippen MR) is 75.2 cm³/mol. The van der Waals surface area contributed by atoms with E-state index >= 15 is 0 Å². The van der Waals surface area contributed by atoms with Gasteiger partial charge in [0.05, 0.1) is 10.6 Å². The van der Waals surface area contributed by atoms with Crippen LogP contribution in [0, 0.1) is 5.92 Å². The predicted octanol–water partition coefficient (Wildman–Crippen LogP) is 1.90. The van der Waals surface area contributed by atoms with E-state index < -0.39 is 9.84 Å². The average molecular weight is 281 g/mol. The van der Waals surface area contributed by atoms with Gasteiger partial charge in [0.25, 0.3) is 0 Å². The summed E-state index contributed by atoms with van der Waals surface area (Å²) in [7, 11) is -3.12. The van der Waals surface area contributed by atoms with Crippen LogP contribution in [0.1, 0.15) is 19.8 Å². The van der Waals surface area contributed by atoms with Crippen molar-refractivity contribution in [2.75, 3.05) is 23.7 Å². The van der Waals surface area contributed by atoms with Gasteiger partial charge in [-0.2, -0.15) is 0 Å². The molecule has 1 heterocycles. The molecule has 19 heavy (non-hydrogen) atoms. The number of nitrogens with zero attached hydrogens (tertiary/aromatic N) is 1. The zero-order valence-corrected chi connectivity index (χ0v) is 11.9. The molecule has 1 saturated heterocycles. The van der Waals surface area contributed by atoms with Crippen LogP contribution in [0.2, 0.25) is 0 Å². The molecule has 104 valence electrons. The highest BCUT2D eigenvalue weighted by molar-refractivity contribution is 7.91. The molecule has 5 heteroatoms. The number of hydrogen-bond donors (Lipinski definition) is 0. The van der Waals surface area contributed by atoms with Gasteiger partial charge in [0, 0.05) is 24.7 Å². The number of benzene rings is 1. The molecule has 2 rings (SSSR count). The Labute approximate surface area is 114 Å². The zero-order valence-electron chi connectivity index (χ0n) is 11.1. The number of carbonyl (C=O) groups excluding carboxylic acids is 1. The molecule has 1 aliphatic heterocycles. The maximum absolute atomic E-state index is 11.7. The van der Waals surface area contributed by atoms with E-state index in [0.29, 0.717) is 4.90 Å². The van der Waals surface area contributed by atoms with E-state index in [0.717, 1.165) is 37.9 Å². The molecular formula is C14H19NO3S. The largest absolute Gasteiger partial charge is 0.371 e. The van der Waals surface area contributed by atoms with Gasteiger partial charge in [0.2, 0.25) is 0 Å². The number of anilines is 1. The summed E-state index contributed by atoms with van der Waals surface area (Å²) in [5, 5.41) is 0. The number of aldehydes is 1. The Kier molecular flexibility index (Phi) is 4.24. The van der Waals surface area contributed by atoms with Crippen LogP contribution in [0.25, 0.3) is 0 Å². The molecule has 1 aromatic rings. The topological polar surface area (TPSA) is 54.5 Å². The molecule has 0 saturated carbocycles. The van der Waals surface area contributed by atoms with E-state index in [9.17, 15) is 13.2 Å². The summed E-state index contributed by atoms with van der Waals surface area (Å²) < 4.78 is 23.4. The van der Waals surface area contributed by atoms with Crippen molar-refractivity contribution in [1.82, 2.24) is 0 Å². The van der Waals surface area contributed by atoms with Gasteiger partial charge in [-0.3, -0.25) is 0 Å². The van der Waals surface area contributed by atoms with Crippen molar-refractivity contribution in [3.05, 3.63) is 24.3 Å². The molecule has 1 aromatic carbocycles. The second kappa shape index (κ2) is 5.74. The van der Waals surface area contributed by atoms with Crippen LogP contribution in [-0.2, 0) is 14.6 Å². The summed E-state index contributed by atoms with van der Waals surface area (Å²) in [5.74, 6) is 0.299. The van der Waals surface area contributed by atoms with Crippen molar-refractivity contribution in [2.24, 2.45) is 5.92 Å². The molecule has 0 aliphatic carbocycles. The summed E-state index contributed by atoms with van der Waals surface area (Å²) in [4.78, 5) is 13.3. The highest BCUT2D eigenvalue weighted by Crippen LogP contribution is 2.23. The van der Waals surface area contributed by atoms with Crippen molar-refractivity contribution in [2.45, 2.75) is 24.7 Å². The first kappa shape index (κ1) is 14.1. The fourth-order valence-electron chi connectivity index (χ4n) is 2.32. The highest BCUT2D eigenvalue weighted by Gasteiger charge is 2.19. The molecule has 0 N–H and O–H groups in total. The van der Waals surface area contributed by atoms with Gasteiger partial charge >= 0.3 is 0 Å². The van der Waals surface area contributed by atoms with Gasteiger partial charge in [0.1, 0.15) is 6.29 Å². The summed E-state index contributed by atoms with van der Waals surface area (Å²) in [6.07, 6.45) is 2.78. The van der Waals surface area contributed by atoms with Gasteiger partial charge in [-0.25, -0.2) is 8.42 Å². The van der Waals surface area contributed by atoms with Crippen molar-refractivity contribution in [1.29, 1.82) is 0 Å². The maximum atomic E-state index is 11.7. The Morgan fingerprint density at radius 3 is 2.26 bits per heavy atom. The van der Waals surface area contributed by atoms with Gasteiger partial charge in [-0.1, -0.05) is 6.92 Å². The van der Waals surface area contributed by atoms with E-state index in [1.54, 1.807) is 19.1 Å². The van der Waals surface area contributed by atoms with Crippen molar-refractivity contribution < 1.29 is 13.2 Å². The van der Waals surface area contributed by atoms with Gasteiger partial charge in [0.15, 0.2) is 9.84 Å². The van der Waals surface area contributed by atoms with Gasteiger partial charge in [-0.05, 0) is 37.1 Å². The lowest BCUT2D eigenvalue weighted by atomic mass is 9.98. The second-order valence-electron chi connectivity index (χ2n) is 4.86. The van der Waals surface area contributed by atoms with E-state index in [4.69, 9.17) is 0 Å². The molecule has 0 radical (unpaired) electrons. The van der Waals surface area contributed by atoms with Gasteiger partial charge in [-0.15, -0.1) is 0 Å². The van der Waals surface area contributed by atoms with Crippen LogP contribution in [0.3, 0.4) is 0 Å². The Hall–Kier alpha value is -1.36. The molecule has 4 nitrogen and oxygen atoms in total. The highest BCUT2D eigenvalue weighted by atomic mass is 32.2. The quantitative estimate of drug-likeness (QED) is 0.791. The molecular weight excluding hydrogens is 262 g/mol. The molecule has 1 aliphatic rings. The lowest BCUT2D eigenvalue weighted by molar-refractivity contribution is -0.111. The second-order valence-corrected chi connectivity index (χ2v) is 7.14. The summed E-state index contributed by atoms with van der Waals surface area (Å²) >= 11 is 0. The zero-order chi connectivity index (χ0) is 13.9. The third kappa shape index (κ3) is 3.15. The van der Waals surface area contributed by atoms with Crippen LogP contribution in [0.15, 0.2) is 29.2 Å². The third-order valence-electron chi connectivity index (χ3n) is 3.67. The maximum Gasteiger partial charge on any atom is 0.178 e. The summed E-state index contributed by atoms with van der Waals surface area (Å²) in [6, 6.07) is 7.04. The molecule has 0 amide bonds. The monoisotopic (exact) mass is 281 g/mol. The minimum absolute atomic E-state index is 0.122. The smallest absolute Gasteiger partial charge is 0.178 e. The lowest BCUT2D eigenvalue weighted by Crippen LogP contribution is -2.34. The minimum Gasteiger partial charge on any atom is -0.371 e. The molecule has 1 fully saturated rings. The number of rotatable bonds is 4. The standard InChI is InChI=1S/C14H19NO3S/c1-2-19(17,18)14-5-3-13(4-6-14)15-9-7-12(11-16)8-10-15/h3-6,11-12H,2,7-10H2,1H3. The number of piperidine rings is 1. The Balaban J connectivity index is 2.09. The van der Waals surface area contributed by atoms with Crippen molar-refractivity contribution in [3.8, 4) is 0 Å². The lowest BCUT2D eigenvalue weighted by Gasteiger charge is -2.31. The van der Waals surface area contributed by atoms with Crippen molar-refractivity contribution in [3.63, 3.8) is 0 Å². The molecule has 0 aromatic heterocycles. The molecule has 0 atom stereocenters. The van der Waals surface area contributed by atoms with Crippen LogP contribution in [0.5, 0.6) is 0 Å². The third-order valence-corrected chi connectivity index (χ3v) is 5.42. The Bertz CT molecular complexity index is 528. The first-order chi connectivity index (χ1) is 9.06. The Morgan fingerprint density at radius 1 is 1.21 bits per heavy atom.